The van der Waals surface area contributed by atoms with Crippen LogP contribution in [-0.2, 0) is 13.0 Å². The van der Waals surface area contributed by atoms with E-state index in [9.17, 15) is 4.79 Å². The average Bonchev–Trinajstić information content (AvgIpc) is 2.79. The zero-order valence-corrected chi connectivity index (χ0v) is 16.5. The van der Waals surface area contributed by atoms with E-state index in [0.717, 1.165) is 25.2 Å². The number of benzene rings is 2. The summed E-state index contributed by atoms with van der Waals surface area (Å²) in [5.74, 6) is 0.962. The van der Waals surface area contributed by atoms with Crippen LogP contribution in [-0.4, -0.2) is 31.7 Å². The molecule has 6 nitrogen and oxygen atoms in total. The summed E-state index contributed by atoms with van der Waals surface area (Å²) in [5.41, 5.74) is 4.72. The molecule has 1 amide bonds. The molecule has 0 saturated carbocycles. The highest BCUT2D eigenvalue weighted by molar-refractivity contribution is 6.05. The van der Waals surface area contributed by atoms with Crippen LogP contribution in [0.1, 0.15) is 21.5 Å². The molecule has 148 valence electrons. The number of ether oxygens (including phenoxy) is 2. The quantitative estimate of drug-likeness (QED) is 0.717. The van der Waals surface area contributed by atoms with Gasteiger partial charge in [-0.1, -0.05) is 24.3 Å². The largest absolute Gasteiger partial charge is 0.497 e. The van der Waals surface area contributed by atoms with Gasteiger partial charge in [0.2, 0.25) is 0 Å². The van der Waals surface area contributed by atoms with Crippen molar-refractivity contribution in [3.05, 3.63) is 77.6 Å². The fourth-order valence-corrected chi connectivity index (χ4v) is 3.54. The van der Waals surface area contributed by atoms with Gasteiger partial charge in [-0.3, -0.25) is 9.78 Å². The number of carbonyl (C=O) groups is 1. The number of fused-ring (bicyclic) bond motifs is 1. The van der Waals surface area contributed by atoms with Crippen LogP contribution in [0.2, 0.25) is 0 Å². The molecule has 3 aromatic rings. The highest BCUT2D eigenvalue weighted by Crippen LogP contribution is 2.30. The first-order valence-electron chi connectivity index (χ1n) is 9.48. The molecule has 0 spiro atoms. The summed E-state index contributed by atoms with van der Waals surface area (Å²) in [6, 6.07) is 15.6. The summed E-state index contributed by atoms with van der Waals surface area (Å²) in [5, 5.41) is 2.90. The lowest BCUT2D eigenvalue weighted by Gasteiger charge is -2.30. The summed E-state index contributed by atoms with van der Waals surface area (Å²) in [6.07, 6.45) is 4.36. The van der Waals surface area contributed by atoms with Crippen molar-refractivity contribution in [1.29, 1.82) is 0 Å². The van der Waals surface area contributed by atoms with Crippen LogP contribution >= 0.6 is 0 Å². The third-order valence-electron chi connectivity index (χ3n) is 5.14. The Morgan fingerprint density at radius 2 is 1.86 bits per heavy atom. The Hall–Kier alpha value is -3.54. The van der Waals surface area contributed by atoms with Crippen molar-refractivity contribution in [3.8, 4) is 11.5 Å². The zero-order valence-electron chi connectivity index (χ0n) is 16.5. The SMILES string of the molecule is COc1ccc(NC(=O)c2cncc(N3CCc4ccccc4C3)c2)c(OC)c1. The Labute approximate surface area is 170 Å². The Bertz CT molecular complexity index is 1040. The molecule has 0 radical (unpaired) electrons. The van der Waals surface area contributed by atoms with E-state index < -0.39 is 0 Å². The molecule has 1 N–H and O–H groups in total. The minimum Gasteiger partial charge on any atom is -0.497 e. The van der Waals surface area contributed by atoms with Crippen molar-refractivity contribution in [2.75, 3.05) is 31.0 Å². The van der Waals surface area contributed by atoms with Crippen molar-refractivity contribution in [2.45, 2.75) is 13.0 Å². The van der Waals surface area contributed by atoms with Crippen LogP contribution in [0, 0.1) is 0 Å². The normalized spacial score (nSPS) is 12.8. The fraction of sp³-hybridized carbons (Fsp3) is 0.217. The highest BCUT2D eigenvalue weighted by Gasteiger charge is 2.18. The van der Waals surface area contributed by atoms with Gasteiger partial charge in [0, 0.05) is 25.4 Å². The molecule has 4 rings (SSSR count). The van der Waals surface area contributed by atoms with Crippen molar-refractivity contribution in [3.63, 3.8) is 0 Å². The number of methoxy groups -OCH3 is 2. The van der Waals surface area contributed by atoms with Crippen LogP contribution < -0.4 is 19.7 Å². The predicted molar refractivity (Wildman–Crippen MR) is 113 cm³/mol. The van der Waals surface area contributed by atoms with E-state index in [1.807, 2.05) is 6.07 Å². The van der Waals surface area contributed by atoms with E-state index in [4.69, 9.17) is 9.47 Å². The number of hydrogen-bond donors (Lipinski definition) is 1. The molecule has 1 aliphatic heterocycles. The molecule has 0 bridgehead atoms. The molecule has 6 heteroatoms. The highest BCUT2D eigenvalue weighted by atomic mass is 16.5. The Balaban J connectivity index is 1.53. The maximum Gasteiger partial charge on any atom is 0.257 e. The van der Waals surface area contributed by atoms with Crippen molar-refractivity contribution in [1.82, 2.24) is 4.98 Å². The molecule has 29 heavy (non-hydrogen) atoms. The summed E-state index contributed by atoms with van der Waals surface area (Å²) in [7, 11) is 3.14. The molecule has 0 atom stereocenters. The first-order valence-corrected chi connectivity index (χ1v) is 9.48. The molecule has 0 fully saturated rings. The van der Waals surface area contributed by atoms with Gasteiger partial charge >= 0.3 is 0 Å². The number of anilines is 2. The minimum absolute atomic E-state index is 0.236. The van der Waals surface area contributed by atoms with E-state index in [1.54, 1.807) is 44.8 Å². The standard InChI is InChI=1S/C23H23N3O3/c1-28-20-7-8-21(22(12-20)29-2)25-23(27)18-11-19(14-24-13-18)26-10-9-16-5-3-4-6-17(16)15-26/h3-8,11-14H,9-10,15H2,1-2H3,(H,25,27). The maximum atomic E-state index is 12.8. The molecule has 0 aliphatic carbocycles. The zero-order chi connectivity index (χ0) is 20.2. The predicted octanol–water partition coefficient (Wildman–Crippen LogP) is 3.91. The van der Waals surface area contributed by atoms with Gasteiger partial charge in [0.15, 0.2) is 0 Å². The number of nitrogens with zero attached hydrogens (tertiary/aromatic N) is 2. The third-order valence-corrected chi connectivity index (χ3v) is 5.14. The number of rotatable bonds is 5. The van der Waals surface area contributed by atoms with E-state index >= 15 is 0 Å². The monoisotopic (exact) mass is 389 g/mol. The van der Waals surface area contributed by atoms with Crippen LogP contribution in [0.25, 0.3) is 0 Å². The summed E-state index contributed by atoms with van der Waals surface area (Å²) in [4.78, 5) is 19.4. The summed E-state index contributed by atoms with van der Waals surface area (Å²) >= 11 is 0. The molecule has 2 aromatic carbocycles. The summed E-state index contributed by atoms with van der Waals surface area (Å²) in [6.45, 7) is 1.71. The van der Waals surface area contributed by atoms with Crippen LogP contribution in [0.15, 0.2) is 60.9 Å². The van der Waals surface area contributed by atoms with Gasteiger partial charge in [-0.15, -0.1) is 0 Å². The number of amides is 1. The van der Waals surface area contributed by atoms with Gasteiger partial charge in [0.25, 0.3) is 5.91 Å². The third kappa shape index (κ3) is 4.01. The molecular formula is C23H23N3O3. The Morgan fingerprint density at radius 3 is 2.66 bits per heavy atom. The number of nitrogens with one attached hydrogen (secondary N) is 1. The van der Waals surface area contributed by atoms with Gasteiger partial charge < -0.3 is 19.7 Å². The van der Waals surface area contributed by atoms with Gasteiger partial charge in [-0.25, -0.2) is 0 Å². The van der Waals surface area contributed by atoms with Gasteiger partial charge in [0.05, 0.1) is 37.4 Å². The number of pyridine rings is 1. The van der Waals surface area contributed by atoms with Gasteiger partial charge in [-0.2, -0.15) is 0 Å². The fourth-order valence-electron chi connectivity index (χ4n) is 3.54. The van der Waals surface area contributed by atoms with Crippen LogP contribution in [0.4, 0.5) is 11.4 Å². The molecule has 1 aliphatic rings. The van der Waals surface area contributed by atoms with E-state index in [2.05, 4.69) is 39.5 Å². The number of aromatic nitrogens is 1. The Kier molecular flexibility index (Phi) is 5.33. The lowest BCUT2D eigenvalue weighted by atomic mass is 9.99. The van der Waals surface area contributed by atoms with Gasteiger partial charge in [0.1, 0.15) is 11.5 Å². The van der Waals surface area contributed by atoms with E-state index in [-0.39, 0.29) is 5.91 Å². The van der Waals surface area contributed by atoms with E-state index in [0.29, 0.717) is 22.7 Å². The van der Waals surface area contributed by atoms with Crippen LogP contribution in [0.3, 0.4) is 0 Å². The maximum absolute atomic E-state index is 12.8. The second kappa shape index (κ2) is 8.22. The van der Waals surface area contributed by atoms with Crippen molar-refractivity contribution >= 4 is 17.3 Å². The number of carbonyl (C=O) groups excluding carboxylic acids is 1. The molecule has 0 saturated heterocycles. The first kappa shape index (κ1) is 18.8. The minimum atomic E-state index is -0.236. The van der Waals surface area contributed by atoms with Crippen LogP contribution in [0.5, 0.6) is 11.5 Å². The number of hydrogen-bond acceptors (Lipinski definition) is 5. The molecule has 0 unspecified atom stereocenters. The molecular weight excluding hydrogens is 366 g/mol. The molecule has 1 aromatic heterocycles. The first-order chi connectivity index (χ1) is 14.2. The Morgan fingerprint density at radius 1 is 1.03 bits per heavy atom. The second-order valence-electron chi connectivity index (χ2n) is 6.89. The summed E-state index contributed by atoms with van der Waals surface area (Å²) < 4.78 is 10.6. The average molecular weight is 389 g/mol. The van der Waals surface area contributed by atoms with Gasteiger partial charge in [-0.05, 0) is 35.7 Å². The lowest BCUT2D eigenvalue weighted by molar-refractivity contribution is 0.102. The molecule has 2 heterocycles. The smallest absolute Gasteiger partial charge is 0.257 e. The second-order valence-corrected chi connectivity index (χ2v) is 6.89. The van der Waals surface area contributed by atoms with Crippen molar-refractivity contribution in [2.24, 2.45) is 0 Å². The lowest BCUT2D eigenvalue weighted by Crippen LogP contribution is -2.30. The van der Waals surface area contributed by atoms with E-state index in [1.165, 1.54) is 11.1 Å². The van der Waals surface area contributed by atoms with Crippen molar-refractivity contribution < 1.29 is 14.3 Å². The topological polar surface area (TPSA) is 63.7 Å².